The van der Waals surface area contributed by atoms with Crippen LogP contribution in [-0.4, -0.2) is 59.8 Å². The zero-order chi connectivity index (χ0) is 21.4. The first-order valence-corrected chi connectivity index (χ1v) is 9.81. The molecule has 0 N–H and O–H groups in total. The number of benzene rings is 2. The highest BCUT2D eigenvalue weighted by atomic mass is 35.5. The minimum atomic E-state index is -0.501. The lowest BCUT2D eigenvalue weighted by molar-refractivity contribution is -0.384. The van der Waals surface area contributed by atoms with Gasteiger partial charge in [-0.3, -0.25) is 19.7 Å². The molecule has 0 unspecified atom stereocenters. The van der Waals surface area contributed by atoms with E-state index in [1.807, 2.05) is 11.9 Å². The van der Waals surface area contributed by atoms with Crippen molar-refractivity contribution in [1.29, 1.82) is 0 Å². The van der Waals surface area contributed by atoms with Crippen molar-refractivity contribution >= 4 is 40.4 Å². The zero-order valence-corrected chi connectivity index (χ0v) is 17.0. The van der Waals surface area contributed by atoms with Crippen molar-refractivity contribution in [3.8, 4) is 0 Å². The number of nitro groups is 1. The predicted octanol–water partition coefficient (Wildman–Crippen LogP) is 2.78. The number of piperazine rings is 1. The van der Waals surface area contributed by atoms with Gasteiger partial charge in [-0.15, -0.1) is 0 Å². The van der Waals surface area contributed by atoms with Crippen molar-refractivity contribution in [2.45, 2.75) is 0 Å². The number of hydrogen-bond donors (Lipinski definition) is 0. The fourth-order valence-corrected chi connectivity index (χ4v) is 3.89. The Balaban J connectivity index is 1.80. The molecule has 154 valence electrons. The van der Waals surface area contributed by atoms with Gasteiger partial charge in [0.05, 0.1) is 16.2 Å². The Kier molecular flexibility index (Phi) is 5.27. The lowest BCUT2D eigenvalue weighted by Crippen LogP contribution is -2.46. The van der Waals surface area contributed by atoms with Gasteiger partial charge in [0.15, 0.2) is 0 Å². The molecule has 0 aromatic heterocycles. The number of anilines is 1. The normalized spacial score (nSPS) is 17.8. The number of carbonyl (C=O) groups excluding carboxylic acids is 2. The maximum Gasteiger partial charge on any atom is 0.282 e. The maximum absolute atomic E-state index is 13.4. The van der Waals surface area contributed by atoms with E-state index in [2.05, 4.69) is 4.90 Å². The Labute approximate surface area is 178 Å². The van der Waals surface area contributed by atoms with Gasteiger partial charge in [-0.1, -0.05) is 17.7 Å². The van der Waals surface area contributed by atoms with E-state index in [-0.39, 0.29) is 11.3 Å². The Morgan fingerprint density at radius 2 is 1.63 bits per heavy atom. The van der Waals surface area contributed by atoms with E-state index in [0.29, 0.717) is 35.1 Å². The predicted molar refractivity (Wildman–Crippen MR) is 113 cm³/mol. The van der Waals surface area contributed by atoms with E-state index in [9.17, 15) is 19.7 Å². The van der Waals surface area contributed by atoms with Crippen molar-refractivity contribution in [3.05, 3.63) is 74.9 Å². The van der Waals surface area contributed by atoms with Crippen LogP contribution in [0.3, 0.4) is 0 Å². The highest BCUT2D eigenvalue weighted by Gasteiger charge is 2.43. The van der Waals surface area contributed by atoms with E-state index in [4.69, 9.17) is 11.6 Å². The minimum absolute atomic E-state index is 0.0797. The van der Waals surface area contributed by atoms with Gasteiger partial charge in [0.25, 0.3) is 17.5 Å². The summed E-state index contributed by atoms with van der Waals surface area (Å²) in [6.45, 7) is 2.72. The van der Waals surface area contributed by atoms with Gasteiger partial charge >= 0.3 is 0 Å². The second-order valence-corrected chi connectivity index (χ2v) is 7.68. The van der Waals surface area contributed by atoms with Crippen LogP contribution < -0.4 is 4.90 Å². The van der Waals surface area contributed by atoms with E-state index in [0.717, 1.165) is 18.0 Å². The largest absolute Gasteiger partial charge is 0.364 e. The molecule has 0 saturated carbocycles. The first kappa shape index (κ1) is 20.1. The van der Waals surface area contributed by atoms with E-state index >= 15 is 0 Å². The molecule has 0 atom stereocenters. The molecule has 4 rings (SSSR count). The first-order chi connectivity index (χ1) is 14.4. The molecule has 2 aromatic carbocycles. The summed E-state index contributed by atoms with van der Waals surface area (Å²) >= 11 is 6.08. The van der Waals surface area contributed by atoms with Crippen molar-refractivity contribution in [2.75, 3.05) is 38.1 Å². The molecule has 30 heavy (non-hydrogen) atoms. The lowest BCUT2D eigenvalue weighted by atomic mass is 10.0. The lowest BCUT2D eigenvalue weighted by Gasteiger charge is -2.34. The summed E-state index contributed by atoms with van der Waals surface area (Å²) < 4.78 is 0. The summed E-state index contributed by atoms with van der Waals surface area (Å²) in [4.78, 5) is 42.5. The average molecular weight is 427 g/mol. The molecule has 2 amide bonds. The Bertz CT molecular complexity index is 1060. The molecule has 0 bridgehead atoms. The van der Waals surface area contributed by atoms with Gasteiger partial charge in [-0.2, -0.15) is 0 Å². The van der Waals surface area contributed by atoms with Crippen LogP contribution in [0.25, 0.3) is 5.57 Å². The third kappa shape index (κ3) is 3.55. The summed E-state index contributed by atoms with van der Waals surface area (Å²) in [5.74, 6) is -0.884. The number of halogens is 1. The number of hydrogen-bond acceptors (Lipinski definition) is 6. The van der Waals surface area contributed by atoms with Gasteiger partial charge in [0.2, 0.25) is 0 Å². The van der Waals surface area contributed by atoms with Gasteiger partial charge < -0.3 is 9.80 Å². The standard InChI is InChI=1S/C21H19ClN4O4/c1-23-9-11-24(12-10-23)19-18(14-5-7-16(8-6-14)26(29)30)20(27)25(21(19)28)17-4-2-3-15(22)13-17/h2-8,13H,9-12H2,1H3. The smallest absolute Gasteiger partial charge is 0.282 e. The van der Waals surface area contributed by atoms with Crippen molar-refractivity contribution in [3.63, 3.8) is 0 Å². The van der Waals surface area contributed by atoms with E-state index < -0.39 is 16.7 Å². The summed E-state index contributed by atoms with van der Waals surface area (Å²) in [6.07, 6.45) is 0. The third-order valence-corrected chi connectivity index (χ3v) is 5.55. The molecule has 2 aliphatic rings. The number of carbonyl (C=O) groups is 2. The molecule has 8 nitrogen and oxygen atoms in total. The number of amides is 2. The topological polar surface area (TPSA) is 87.0 Å². The summed E-state index contributed by atoms with van der Waals surface area (Å²) in [6, 6.07) is 12.3. The number of likely N-dealkylation sites (N-methyl/N-ethyl adjacent to an activating group) is 1. The monoisotopic (exact) mass is 426 g/mol. The Hall–Kier alpha value is -3.23. The van der Waals surface area contributed by atoms with Crippen molar-refractivity contribution in [1.82, 2.24) is 9.80 Å². The fourth-order valence-electron chi connectivity index (χ4n) is 3.70. The van der Waals surface area contributed by atoms with E-state index in [1.165, 1.54) is 24.3 Å². The summed E-state index contributed by atoms with van der Waals surface area (Å²) in [5.41, 5.74) is 1.35. The highest BCUT2D eigenvalue weighted by Crippen LogP contribution is 2.36. The first-order valence-electron chi connectivity index (χ1n) is 9.44. The van der Waals surface area contributed by atoms with Crippen LogP contribution in [0.15, 0.2) is 54.2 Å². The van der Waals surface area contributed by atoms with Crippen LogP contribution in [0.2, 0.25) is 5.02 Å². The van der Waals surface area contributed by atoms with Crippen molar-refractivity contribution < 1.29 is 14.5 Å². The third-order valence-electron chi connectivity index (χ3n) is 5.31. The molecule has 1 saturated heterocycles. The molecule has 0 spiro atoms. The second-order valence-electron chi connectivity index (χ2n) is 7.24. The van der Waals surface area contributed by atoms with Gasteiger partial charge in [0.1, 0.15) is 5.70 Å². The fraction of sp³-hybridized carbons (Fsp3) is 0.238. The highest BCUT2D eigenvalue weighted by molar-refractivity contribution is 6.45. The minimum Gasteiger partial charge on any atom is -0.364 e. The number of nitro benzene ring substituents is 1. The van der Waals surface area contributed by atoms with Crippen LogP contribution in [0.4, 0.5) is 11.4 Å². The maximum atomic E-state index is 13.4. The molecule has 2 aromatic rings. The van der Waals surface area contributed by atoms with Gasteiger partial charge in [0, 0.05) is 43.3 Å². The Morgan fingerprint density at radius 1 is 0.967 bits per heavy atom. The molecular formula is C21H19ClN4O4. The van der Waals surface area contributed by atoms with Crippen LogP contribution >= 0.6 is 11.6 Å². The van der Waals surface area contributed by atoms with Crippen LogP contribution in [0, 0.1) is 10.1 Å². The molecular weight excluding hydrogens is 408 g/mol. The molecule has 0 aliphatic carbocycles. The Morgan fingerprint density at radius 3 is 2.23 bits per heavy atom. The van der Waals surface area contributed by atoms with Crippen LogP contribution in [-0.2, 0) is 9.59 Å². The average Bonchev–Trinajstić information content (AvgIpc) is 2.99. The molecule has 9 heteroatoms. The SMILES string of the molecule is CN1CCN(C2=C(c3ccc([N+](=O)[O-])cc3)C(=O)N(c3cccc(Cl)c3)C2=O)CC1. The molecule has 2 heterocycles. The second kappa shape index (κ2) is 7.89. The van der Waals surface area contributed by atoms with Crippen molar-refractivity contribution in [2.24, 2.45) is 0 Å². The zero-order valence-electron chi connectivity index (χ0n) is 16.2. The molecule has 0 radical (unpaired) electrons. The number of rotatable bonds is 4. The molecule has 2 aliphatic heterocycles. The van der Waals surface area contributed by atoms with Crippen LogP contribution in [0.5, 0.6) is 0 Å². The molecule has 1 fully saturated rings. The van der Waals surface area contributed by atoms with Gasteiger partial charge in [-0.25, -0.2) is 4.90 Å². The van der Waals surface area contributed by atoms with Gasteiger partial charge in [-0.05, 0) is 42.9 Å². The van der Waals surface area contributed by atoms with E-state index in [1.54, 1.807) is 24.3 Å². The summed E-state index contributed by atoms with van der Waals surface area (Å²) in [5, 5.41) is 11.4. The number of non-ortho nitro benzene ring substituents is 1. The van der Waals surface area contributed by atoms with Crippen LogP contribution in [0.1, 0.15) is 5.56 Å². The summed E-state index contributed by atoms with van der Waals surface area (Å²) in [7, 11) is 2.00. The quantitative estimate of drug-likeness (QED) is 0.424. The number of imide groups is 1. The number of nitrogens with zero attached hydrogens (tertiary/aromatic N) is 4.